The number of nitrogens with zero attached hydrogens (tertiary/aromatic N) is 1. The predicted octanol–water partition coefficient (Wildman–Crippen LogP) is 3.64. The first-order valence-corrected chi connectivity index (χ1v) is 8.24. The maximum Gasteiger partial charge on any atom is 0.161 e. The zero-order valence-corrected chi connectivity index (χ0v) is 13.3. The number of hydrogen-bond acceptors (Lipinski definition) is 4. The third-order valence-corrected chi connectivity index (χ3v) is 4.75. The van der Waals surface area contributed by atoms with E-state index in [1.165, 1.54) is 16.8 Å². The van der Waals surface area contributed by atoms with E-state index < -0.39 is 0 Å². The van der Waals surface area contributed by atoms with Gasteiger partial charge in [-0.05, 0) is 12.1 Å². The fourth-order valence-electron chi connectivity index (χ4n) is 3.55. The molecule has 2 heterocycles. The van der Waals surface area contributed by atoms with Gasteiger partial charge in [0.2, 0.25) is 0 Å². The minimum atomic E-state index is 0.561. The molecule has 2 aliphatic heterocycles. The van der Waals surface area contributed by atoms with E-state index in [1.54, 1.807) is 0 Å². The van der Waals surface area contributed by atoms with Crippen molar-refractivity contribution in [2.45, 2.75) is 13.1 Å². The maximum absolute atomic E-state index is 6.15. The molecule has 0 radical (unpaired) electrons. The Morgan fingerprint density at radius 3 is 2.38 bits per heavy atom. The van der Waals surface area contributed by atoms with Crippen LogP contribution in [0.25, 0.3) is 10.8 Å². The summed E-state index contributed by atoms with van der Waals surface area (Å²) in [6.45, 7) is 2.83. The largest absolute Gasteiger partial charge is 0.477 e. The van der Waals surface area contributed by atoms with Gasteiger partial charge in [-0.15, -0.1) is 0 Å². The van der Waals surface area contributed by atoms with Crippen molar-refractivity contribution in [1.29, 1.82) is 0 Å². The quantitative estimate of drug-likeness (QED) is 0.743. The summed E-state index contributed by atoms with van der Waals surface area (Å²) in [5.74, 6) is 1.98. The number of ether oxygens (including phenoxy) is 2. The van der Waals surface area contributed by atoms with E-state index in [0.29, 0.717) is 13.5 Å². The van der Waals surface area contributed by atoms with Crippen LogP contribution >= 0.6 is 0 Å². The zero-order valence-electron chi connectivity index (χ0n) is 13.3. The molecule has 0 aliphatic carbocycles. The summed E-state index contributed by atoms with van der Waals surface area (Å²) in [4.78, 5) is 2.24. The van der Waals surface area contributed by atoms with Crippen molar-refractivity contribution in [3.05, 3.63) is 65.7 Å². The number of anilines is 1. The molecule has 3 aromatic carbocycles. The molecule has 0 aromatic heterocycles. The van der Waals surface area contributed by atoms with Gasteiger partial charge < -0.3 is 14.4 Å². The van der Waals surface area contributed by atoms with Crippen LogP contribution in [0.1, 0.15) is 11.1 Å². The van der Waals surface area contributed by atoms with Crippen molar-refractivity contribution < 1.29 is 9.47 Å². The Bertz CT molecular complexity index is 908. The van der Waals surface area contributed by atoms with Crippen LogP contribution in [0.4, 0.5) is 5.69 Å². The Hall–Kier alpha value is -2.72. The van der Waals surface area contributed by atoms with Crippen LogP contribution in [0, 0.1) is 0 Å². The smallest absolute Gasteiger partial charge is 0.161 e. The lowest BCUT2D eigenvalue weighted by Gasteiger charge is -2.32. The highest BCUT2D eigenvalue weighted by molar-refractivity contribution is 5.95. The van der Waals surface area contributed by atoms with Gasteiger partial charge in [-0.2, -0.15) is 0 Å². The van der Waals surface area contributed by atoms with Crippen molar-refractivity contribution in [2.24, 2.45) is 0 Å². The van der Waals surface area contributed by atoms with Gasteiger partial charge in [-0.3, -0.25) is 5.32 Å². The molecule has 0 saturated carbocycles. The van der Waals surface area contributed by atoms with E-state index in [4.69, 9.17) is 9.47 Å². The molecule has 5 rings (SSSR count). The van der Waals surface area contributed by atoms with Gasteiger partial charge in [0.1, 0.15) is 18.2 Å². The second-order valence-electron chi connectivity index (χ2n) is 6.23. The summed E-state index contributed by atoms with van der Waals surface area (Å²) in [5, 5.41) is 5.51. The average molecular weight is 318 g/mol. The Morgan fingerprint density at radius 2 is 1.54 bits per heavy atom. The third-order valence-electron chi connectivity index (χ3n) is 4.75. The summed E-state index contributed by atoms with van der Waals surface area (Å²) in [6, 6.07) is 19.0. The van der Waals surface area contributed by atoms with Gasteiger partial charge in [0.25, 0.3) is 0 Å². The monoisotopic (exact) mass is 318 g/mol. The van der Waals surface area contributed by atoms with Gasteiger partial charge >= 0.3 is 0 Å². The molecule has 0 saturated heterocycles. The van der Waals surface area contributed by atoms with Crippen LogP contribution in [0.15, 0.2) is 54.6 Å². The Balaban J connectivity index is 1.58. The summed E-state index contributed by atoms with van der Waals surface area (Å²) in [7, 11) is 0. The molecule has 0 amide bonds. The lowest BCUT2D eigenvalue weighted by molar-refractivity contribution is 0.260. The van der Waals surface area contributed by atoms with Crippen molar-refractivity contribution >= 4 is 16.5 Å². The maximum atomic E-state index is 6.15. The number of para-hydroxylation sites is 1. The molecular weight excluding hydrogens is 300 g/mol. The van der Waals surface area contributed by atoms with Crippen LogP contribution in [-0.2, 0) is 13.1 Å². The van der Waals surface area contributed by atoms with Crippen LogP contribution < -0.4 is 19.7 Å². The van der Waals surface area contributed by atoms with Crippen molar-refractivity contribution in [3.8, 4) is 11.5 Å². The van der Waals surface area contributed by atoms with Crippen LogP contribution in [0.3, 0.4) is 0 Å². The first-order valence-electron chi connectivity index (χ1n) is 8.24. The topological polar surface area (TPSA) is 33.7 Å². The van der Waals surface area contributed by atoms with E-state index in [2.05, 4.69) is 58.7 Å². The van der Waals surface area contributed by atoms with Crippen molar-refractivity contribution in [3.63, 3.8) is 0 Å². The molecule has 2 aliphatic rings. The highest BCUT2D eigenvalue weighted by Gasteiger charge is 2.22. The van der Waals surface area contributed by atoms with Gasteiger partial charge in [0.15, 0.2) is 6.73 Å². The van der Waals surface area contributed by atoms with E-state index >= 15 is 0 Å². The van der Waals surface area contributed by atoms with Gasteiger partial charge in [-0.25, -0.2) is 0 Å². The second-order valence-corrected chi connectivity index (χ2v) is 6.23. The van der Waals surface area contributed by atoms with Crippen LogP contribution in [0.5, 0.6) is 11.5 Å². The summed E-state index contributed by atoms with van der Waals surface area (Å²) in [5.41, 5.74) is 3.60. The number of fused-ring (bicyclic) bond motifs is 5. The molecule has 4 nitrogen and oxygen atoms in total. The predicted molar refractivity (Wildman–Crippen MR) is 94.4 cm³/mol. The minimum absolute atomic E-state index is 0.561. The van der Waals surface area contributed by atoms with Gasteiger partial charge in [-0.1, -0.05) is 42.5 Å². The number of hydrogen-bond donors (Lipinski definition) is 1. The first kappa shape index (κ1) is 13.7. The molecular formula is C20H18N2O2. The average Bonchev–Trinajstić information content (AvgIpc) is 2.67. The highest BCUT2D eigenvalue weighted by Crippen LogP contribution is 2.40. The molecule has 0 fully saturated rings. The minimum Gasteiger partial charge on any atom is -0.477 e. The molecule has 4 heteroatoms. The van der Waals surface area contributed by atoms with E-state index in [1.807, 2.05) is 6.07 Å². The van der Waals surface area contributed by atoms with Crippen molar-refractivity contribution in [2.75, 3.05) is 18.4 Å². The molecule has 1 N–H and O–H groups in total. The van der Waals surface area contributed by atoms with Crippen molar-refractivity contribution in [1.82, 2.24) is 5.32 Å². The second kappa shape index (κ2) is 5.42. The standard InChI is InChI=1S/C20H18N2O2/c1-2-4-16(5-3-1)22-11-15-7-9-17-18(20(15)24-13-22)8-6-14-10-21-12-23-19(14)17/h1-9,21H,10-13H2. The molecule has 0 atom stereocenters. The van der Waals surface area contributed by atoms with Gasteiger partial charge in [0.05, 0.1) is 0 Å². The fourth-order valence-corrected chi connectivity index (χ4v) is 3.55. The number of rotatable bonds is 1. The summed E-state index contributed by atoms with van der Waals surface area (Å²) >= 11 is 0. The molecule has 3 aromatic rings. The molecule has 120 valence electrons. The summed E-state index contributed by atoms with van der Waals surface area (Å²) in [6.07, 6.45) is 0. The Morgan fingerprint density at radius 1 is 0.792 bits per heavy atom. The summed E-state index contributed by atoms with van der Waals surface area (Å²) < 4.78 is 12.0. The van der Waals surface area contributed by atoms with Gasteiger partial charge in [0, 0.05) is 40.7 Å². The zero-order chi connectivity index (χ0) is 15.9. The third kappa shape index (κ3) is 2.11. The number of benzene rings is 3. The molecule has 0 bridgehead atoms. The Labute approximate surface area is 140 Å². The first-order chi connectivity index (χ1) is 11.9. The molecule has 0 spiro atoms. The van der Waals surface area contributed by atoms with Crippen LogP contribution in [-0.4, -0.2) is 13.5 Å². The van der Waals surface area contributed by atoms with E-state index in [0.717, 1.165) is 35.4 Å². The van der Waals surface area contributed by atoms with Crippen LogP contribution in [0.2, 0.25) is 0 Å². The lowest BCUT2D eigenvalue weighted by atomic mass is 10.00. The molecule has 0 unspecified atom stereocenters. The number of nitrogens with one attached hydrogen (secondary N) is 1. The fraction of sp³-hybridized carbons (Fsp3) is 0.200. The normalized spacial score (nSPS) is 16.1. The Kier molecular flexibility index (Phi) is 3.10. The molecule has 24 heavy (non-hydrogen) atoms. The SMILES string of the molecule is c1ccc(N2COc3c(ccc4c5c(ccc34)CNCO5)C2)cc1. The highest BCUT2D eigenvalue weighted by atomic mass is 16.5. The van der Waals surface area contributed by atoms with E-state index in [-0.39, 0.29) is 0 Å². The lowest BCUT2D eigenvalue weighted by Crippen LogP contribution is -2.32. The van der Waals surface area contributed by atoms with E-state index in [9.17, 15) is 0 Å².